The molecule has 0 bridgehead atoms. The molecule has 1 aromatic heterocycles. The van der Waals surface area contributed by atoms with Crippen LogP contribution in [0.15, 0.2) is 36.5 Å². The fourth-order valence-electron chi connectivity index (χ4n) is 1.93. The summed E-state index contributed by atoms with van der Waals surface area (Å²) >= 11 is 0. The Morgan fingerprint density at radius 3 is 2.45 bits per heavy atom. The summed E-state index contributed by atoms with van der Waals surface area (Å²) in [7, 11) is -1.02. The molecule has 20 heavy (non-hydrogen) atoms. The van der Waals surface area contributed by atoms with Crippen LogP contribution in [0.1, 0.15) is 5.56 Å². The number of nitrogens with zero attached hydrogens (tertiary/aromatic N) is 2. The van der Waals surface area contributed by atoms with Crippen LogP contribution in [-0.2, 0) is 11.5 Å². The topological polar surface area (TPSA) is 27.1 Å². The van der Waals surface area contributed by atoms with Gasteiger partial charge < -0.3 is 4.74 Å². The zero-order valence-electron chi connectivity index (χ0n) is 12.9. The highest BCUT2D eigenvalue weighted by molar-refractivity contribution is 6.76. The van der Waals surface area contributed by atoms with Crippen LogP contribution in [0, 0.1) is 6.92 Å². The van der Waals surface area contributed by atoms with Crippen LogP contribution >= 0.6 is 0 Å². The molecule has 0 N–H and O–H groups in total. The average molecular weight is 288 g/mol. The summed E-state index contributed by atoms with van der Waals surface area (Å²) in [5, 5.41) is 4.35. The Balaban J connectivity index is 1.97. The van der Waals surface area contributed by atoms with Gasteiger partial charge in [0.05, 0.1) is 5.69 Å². The van der Waals surface area contributed by atoms with E-state index in [9.17, 15) is 0 Å². The Morgan fingerprint density at radius 1 is 1.10 bits per heavy atom. The molecule has 0 unspecified atom stereocenters. The third-order valence-corrected chi connectivity index (χ3v) is 4.98. The van der Waals surface area contributed by atoms with Crippen LogP contribution < -0.4 is 0 Å². The SMILES string of the molecule is Cc1ccc(-c2ccnn2COCC[Si](C)(C)C)cc1. The molecule has 0 fully saturated rings. The Kier molecular flexibility index (Phi) is 4.78. The van der Waals surface area contributed by atoms with Crippen molar-refractivity contribution in [1.82, 2.24) is 9.78 Å². The zero-order chi connectivity index (χ0) is 14.6. The molecule has 1 heterocycles. The van der Waals surface area contributed by atoms with Gasteiger partial charge in [0.15, 0.2) is 0 Å². The van der Waals surface area contributed by atoms with E-state index in [2.05, 4.69) is 55.9 Å². The van der Waals surface area contributed by atoms with Gasteiger partial charge in [0.1, 0.15) is 6.73 Å². The van der Waals surface area contributed by atoms with E-state index in [0.717, 1.165) is 12.3 Å². The van der Waals surface area contributed by atoms with E-state index < -0.39 is 8.07 Å². The first-order chi connectivity index (χ1) is 9.46. The number of rotatable bonds is 6. The molecule has 0 saturated carbocycles. The Labute approximate surface area is 122 Å². The Bertz CT molecular complexity index is 540. The third-order valence-electron chi connectivity index (χ3n) is 3.27. The van der Waals surface area contributed by atoms with Crippen molar-refractivity contribution in [2.45, 2.75) is 39.3 Å². The fourth-order valence-corrected chi connectivity index (χ4v) is 2.69. The van der Waals surface area contributed by atoms with Crippen LogP contribution in [0.4, 0.5) is 0 Å². The van der Waals surface area contributed by atoms with Crippen molar-refractivity contribution in [3.05, 3.63) is 42.1 Å². The quantitative estimate of drug-likeness (QED) is 0.589. The van der Waals surface area contributed by atoms with Crippen molar-refractivity contribution in [3.63, 3.8) is 0 Å². The lowest BCUT2D eigenvalue weighted by molar-refractivity contribution is 0.0798. The van der Waals surface area contributed by atoms with Crippen LogP contribution in [0.25, 0.3) is 11.3 Å². The number of aromatic nitrogens is 2. The molecule has 0 saturated heterocycles. The molecule has 0 amide bonds. The molecule has 0 atom stereocenters. The number of ether oxygens (including phenoxy) is 1. The number of hydrogen-bond donors (Lipinski definition) is 0. The van der Waals surface area contributed by atoms with E-state index in [0.29, 0.717) is 6.73 Å². The van der Waals surface area contributed by atoms with Gasteiger partial charge in [-0.1, -0.05) is 49.5 Å². The Hall–Kier alpha value is -1.39. The van der Waals surface area contributed by atoms with Gasteiger partial charge in [0, 0.05) is 20.9 Å². The van der Waals surface area contributed by atoms with E-state index in [1.807, 2.05) is 16.9 Å². The first kappa shape index (κ1) is 15.0. The van der Waals surface area contributed by atoms with Gasteiger partial charge in [-0.25, -0.2) is 4.68 Å². The van der Waals surface area contributed by atoms with Crippen molar-refractivity contribution in [2.24, 2.45) is 0 Å². The van der Waals surface area contributed by atoms with Gasteiger partial charge in [-0.05, 0) is 24.6 Å². The fraction of sp³-hybridized carbons (Fsp3) is 0.438. The van der Waals surface area contributed by atoms with Crippen LogP contribution in [0.2, 0.25) is 25.7 Å². The normalized spacial score (nSPS) is 11.8. The molecule has 0 radical (unpaired) electrons. The maximum atomic E-state index is 5.78. The first-order valence-corrected chi connectivity index (χ1v) is 10.8. The maximum Gasteiger partial charge on any atom is 0.139 e. The van der Waals surface area contributed by atoms with Crippen LogP contribution in [0.5, 0.6) is 0 Å². The molecular formula is C16H24N2OSi. The van der Waals surface area contributed by atoms with Crippen LogP contribution in [0.3, 0.4) is 0 Å². The molecule has 2 rings (SSSR count). The lowest BCUT2D eigenvalue weighted by Crippen LogP contribution is -2.22. The highest BCUT2D eigenvalue weighted by Gasteiger charge is 2.12. The molecule has 0 aliphatic rings. The van der Waals surface area contributed by atoms with Crippen molar-refractivity contribution < 1.29 is 4.74 Å². The van der Waals surface area contributed by atoms with Gasteiger partial charge in [-0.15, -0.1) is 0 Å². The van der Waals surface area contributed by atoms with E-state index >= 15 is 0 Å². The second-order valence-corrected chi connectivity index (χ2v) is 12.1. The van der Waals surface area contributed by atoms with E-state index in [1.54, 1.807) is 0 Å². The van der Waals surface area contributed by atoms with Crippen molar-refractivity contribution >= 4 is 8.07 Å². The highest BCUT2D eigenvalue weighted by atomic mass is 28.3. The van der Waals surface area contributed by atoms with Crippen molar-refractivity contribution in [3.8, 4) is 11.3 Å². The monoisotopic (exact) mass is 288 g/mol. The summed E-state index contributed by atoms with van der Waals surface area (Å²) in [4.78, 5) is 0. The maximum absolute atomic E-state index is 5.78. The first-order valence-electron chi connectivity index (χ1n) is 7.12. The molecule has 108 valence electrons. The minimum atomic E-state index is -1.02. The lowest BCUT2D eigenvalue weighted by atomic mass is 10.1. The summed E-state index contributed by atoms with van der Waals surface area (Å²) in [5.74, 6) is 0. The molecule has 1 aromatic carbocycles. The number of hydrogen-bond acceptors (Lipinski definition) is 2. The molecule has 3 nitrogen and oxygen atoms in total. The summed E-state index contributed by atoms with van der Waals surface area (Å²) in [6, 6.07) is 11.7. The summed E-state index contributed by atoms with van der Waals surface area (Å²) in [6.45, 7) is 10.5. The third kappa shape index (κ3) is 4.32. The molecule has 0 aliphatic heterocycles. The lowest BCUT2D eigenvalue weighted by Gasteiger charge is -2.16. The smallest absolute Gasteiger partial charge is 0.139 e. The number of aryl methyl sites for hydroxylation is 1. The minimum Gasteiger partial charge on any atom is -0.360 e. The summed E-state index contributed by atoms with van der Waals surface area (Å²) in [6.07, 6.45) is 1.83. The zero-order valence-corrected chi connectivity index (χ0v) is 13.9. The van der Waals surface area contributed by atoms with Gasteiger partial charge in [-0.2, -0.15) is 5.10 Å². The summed E-state index contributed by atoms with van der Waals surface area (Å²) < 4.78 is 7.70. The Morgan fingerprint density at radius 2 is 1.80 bits per heavy atom. The molecule has 0 aliphatic carbocycles. The number of benzene rings is 1. The van der Waals surface area contributed by atoms with E-state index in [4.69, 9.17) is 4.74 Å². The van der Waals surface area contributed by atoms with Crippen molar-refractivity contribution in [2.75, 3.05) is 6.61 Å². The molecule has 0 spiro atoms. The van der Waals surface area contributed by atoms with E-state index in [1.165, 1.54) is 17.2 Å². The van der Waals surface area contributed by atoms with Gasteiger partial charge in [0.2, 0.25) is 0 Å². The van der Waals surface area contributed by atoms with Gasteiger partial charge >= 0.3 is 0 Å². The highest BCUT2D eigenvalue weighted by Crippen LogP contribution is 2.19. The second kappa shape index (κ2) is 6.37. The molecular weight excluding hydrogens is 264 g/mol. The summed E-state index contributed by atoms with van der Waals surface area (Å²) in [5.41, 5.74) is 3.56. The van der Waals surface area contributed by atoms with Crippen LogP contribution in [-0.4, -0.2) is 24.5 Å². The van der Waals surface area contributed by atoms with Crippen molar-refractivity contribution in [1.29, 1.82) is 0 Å². The molecule has 2 aromatic rings. The van der Waals surface area contributed by atoms with Gasteiger partial charge in [0.25, 0.3) is 0 Å². The predicted octanol–water partition coefficient (Wildman–Crippen LogP) is 4.17. The minimum absolute atomic E-state index is 0.528. The largest absolute Gasteiger partial charge is 0.360 e. The molecule has 4 heteroatoms. The second-order valence-electron chi connectivity index (χ2n) is 6.43. The predicted molar refractivity (Wildman–Crippen MR) is 86.5 cm³/mol. The average Bonchev–Trinajstić information content (AvgIpc) is 2.83. The van der Waals surface area contributed by atoms with E-state index in [-0.39, 0.29) is 0 Å². The van der Waals surface area contributed by atoms with Gasteiger partial charge in [-0.3, -0.25) is 0 Å². The standard InChI is InChI=1S/C16H24N2OSi/c1-14-5-7-15(8-6-14)16-9-10-17-18(16)13-19-11-12-20(2,3)4/h5-10H,11-13H2,1-4H3.